The molecule has 0 unspecified atom stereocenters. The van der Waals surface area contributed by atoms with Gasteiger partial charge < -0.3 is 24.2 Å². The summed E-state index contributed by atoms with van der Waals surface area (Å²) in [6.07, 6.45) is 5.15. The second-order valence-electron chi connectivity index (χ2n) is 7.70. The molecule has 156 valence electrons. The number of carbonyl (C=O) groups is 1. The lowest BCUT2D eigenvalue weighted by molar-refractivity contribution is 0.145. The van der Waals surface area contributed by atoms with Gasteiger partial charge in [-0.25, -0.2) is 19.7 Å². The number of rotatable bonds is 4. The Morgan fingerprint density at radius 1 is 1.17 bits per heavy atom. The molecule has 30 heavy (non-hydrogen) atoms. The molecule has 10 heteroatoms. The largest absolute Gasteiger partial charge is 0.471 e. The molecule has 2 fully saturated rings. The molecular formula is C20H23N7O3. The highest BCUT2D eigenvalue weighted by Crippen LogP contribution is 2.29. The summed E-state index contributed by atoms with van der Waals surface area (Å²) in [6.45, 7) is 2.88. The Bertz CT molecular complexity index is 1080. The van der Waals surface area contributed by atoms with Crippen LogP contribution >= 0.6 is 0 Å². The molecule has 1 amide bonds. The SMILES string of the molecule is Cn1c(-c2ccc(N3CCCC3)nc2)nc2c(O[C@H]3CCN(C(=O)O)C3)ncnc21. The lowest BCUT2D eigenvalue weighted by Crippen LogP contribution is -2.29. The van der Waals surface area contributed by atoms with Gasteiger partial charge in [0.25, 0.3) is 0 Å². The van der Waals surface area contributed by atoms with Crippen molar-refractivity contribution in [3.8, 4) is 17.3 Å². The molecule has 1 atom stereocenters. The fourth-order valence-electron chi connectivity index (χ4n) is 4.13. The predicted octanol–water partition coefficient (Wildman–Crippen LogP) is 2.16. The molecule has 1 N–H and O–H groups in total. The number of nitrogens with zero attached hydrogens (tertiary/aromatic N) is 7. The van der Waals surface area contributed by atoms with E-state index in [1.807, 2.05) is 29.9 Å². The fraction of sp³-hybridized carbons (Fsp3) is 0.450. The van der Waals surface area contributed by atoms with Crippen molar-refractivity contribution >= 4 is 23.1 Å². The number of fused-ring (bicyclic) bond motifs is 1. The Labute approximate surface area is 173 Å². The van der Waals surface area contributed by atoms with Crippen molar-refractivity contribution in [3.63, 3.8) is 0 Å². The van der Waals surface area contributed by atoms with Gasteiger partial charge in [-0.2, -0.15) is 4.98 Å². The van der Waals surface area contributed by atoms with E-state index in [0.29, 0.717) is 36.6 Å². The highest BCUT2D eigenvalue weighted by atomic mass is 16.5. The second-order valence-corrected chi connectivity index (χ2v) is 7.70. The van der Waals surface area contributed by atoms with Gasteiger partial charge in [0.05, 0.1) is 6.54 Å². The molecule has 3 aromatic rings. The van der Waals surface area contributed by atoms with Crippen molar-refractivity contribution in [2.24, 2.45) is 7.05 Å². The molecule has 3 aromatic heterocycles. The topological polar surface area (TPSA) is 110 Å². The summed E-state index contributed by atoms with van der Waals surface area (Å²) >= 11 is 0. The zero-order chi connectivity index (χ0) is 20.7. The summed E-state index contributed by atoms with van der Waals surface area (Å²) in [5, 5.41) is 9.14. The molecule has 5 rings (SSSR count). The van der Waals surface area contributed by atoms with Gasteiger partial charge in [0.15, 0.2) is 11.2 Å². The Balaban J connectivity index is 1.42. The standard InChI is InChI=1S/C20H23N7O3/c1-25-17(13-4-5-15(21-10-13)26-7-2-3-8-26)24-16-18(25)22-12-23-19(16)30-14-6-9-27(11-14)20(28)29/h4-5,10,12,14H,2-3,6-9,11H2,1H3,(H,28,29)/t14-/m0/s1. The molecule has 10 nitrogen and oxygen atoms in total. The van der Waals surface area contributed by atoms with Gasteiger partial charge in [0.1, 0.15) is 24.1 Å². The van der Waals surface area contributed by atoms with E-state index in [9.17, 15) is 4.79 Å². The first-order chi connectivity index (χ1) is 14.6. The normalized spacial score (nSPS) is 19.0. The minimum atomic E-state index is -0.932. The maximum absolute atomic E-state index is 11.1. The van der Waals surface area contributed by atoms with E-state index in [2.05, 4.69) is 19.9 Å². The van der Waals surface area contributed by atoms with Crippen LogP contribution < -0.4 is 9.64 Å². The number of pyridine rings is 1. The van der Waals surface area contributed by atoms with Gasteiger partial charge >= 0.3 is 6.09 Å². The van der Waals surface area contributed by atoms with E-state index < -0.39 is 6.09 Å². The summed E-state index contributed by atoms with van der Waals surface area (Å²) in [5.74, 6) is 2.10. The van der Waals surface area contributed by atoms with Crippen LogP contribution in [0.25, 0.3) is 22.6 Å². The van der Waals surface area contributed by atoms with Gasteiger partial charge in [-0.1, -0.05) is 0 Å². The van der Waals surface area contributed by atoms with E-state index in [1.54, 1.807) is 0 Å². The third-order valence-electron chi connectivity index (χ3n) is 5.75. The summed E-state index contributed by atoms with van der Waals surface area (Å²) in [7, 11) is 1.90. The van der Waals surface area contributed by atoms with Crippen molar-refractivity contribution < 1.29 is 14.6 Å². The molecular weight excluding hydrogens is 386 g/mol. The van der Waals surface area contributed by atoms with Gasteiger partial charge in [0, 0.05) is 44.9 Å². The number of hydrogen-bond donors (Lipinski definition) is 1. The van der Waals surface area contributed by atoms with Crippen LogP contribution in [0, 0.1) is 0 Å². The molecule has 2 aliphatic rings. The highest BCUT2D eigenvalue weighted by molar-refractivity contribution is 5.81. The number of hydrogen-bond acceptors (Lipinski definition) is 7. The molecule has 2 saturated heterocycles. The smallest absolute Gasteiger partial charge is 0.407 e. The number of aryl methyl sites for hydroxylation is 1. The van der Waals surface area contributed by atoms with Crippen LogP contribution in [-0.4, -0.2) is 72.9 Å². The Morgan fingerprint density at radius 2 is 2.00 bits per heavy atom. The molecule has 0 aromatic carbocycles. The Hall–Kier alpha value is -3.43. The first-order valence-electron chi connectivity index (χ1n) is 10.1. The second kappa shape index (κ2) is 7.43. The van der Waals surface area contributed by atoms with Crippen LogP contribution in [0.5, 0.6) is 5.88 Å². The average Bonchev–Trinajstić information content (AvgIpc) is 3.50. The molecule has 5 heterocycles. The Kier molecular flexibility index (Phi) is 4.61. The number of ether oxygens (including phenoxy) is 1. The summed E-state index contributed by atoms with van der Waals surface area (Å²) in [4.78, 5) is 32.8. The van der Waals surface area contributed by atoms with Crippen LogP contribution in [0.2, 0.25) is 0 Å². The summed E-state index contributed by atoms with van der Waals surface area (Å²) in [6, 6.07) is 4.06. The van der Waals surface area contributed by atoms with E-state index in [0.717, 1.165) is 30.3 Å². The number of amides is 1. The van der Waals surface area contributed by atoms with Gasteiger partial charge in [-0.3, -0.25) is 0 Å². The van der Waals surface area contributed by atoms with E-state index in [4.69, 9.17) is 14.8 Å². The third kappa shape index (κ3) is 3.27. The molecule has 0 spiro atoms. The van der Waals surface area contributed by atoms with E-state index in [1.165, 1.54) is 24.1 Å². The first kappa shape index (κ1) is 18.6. The summed E-state index contributed by atoms with van der Waals surface area (Å²) < 4.78 is 7.90. The monoisotopic (exact) mass is 409 g/mol. The van der Waals surface area contributed by atoms with Crippen LogP contribution in [-0.2, 0) is 7.05 Å². The van der Waals surface area contributed by atoms with E-state index in [-0.39, 0.29) is 6.10 Å². The molecule has 0 radical (unpaired) electrons. The fourth-order valence-corrected chi connectivity index (χ4v) is 4.13. The zero-order valence-corrected chi connectivity index (χ0v) is 16.7. The molecule has 0 bridgehead atoms. The summed E-state index contributed by atoms with van der Waals surface area (Å²) in [5.41, 5.74) is 2.11. The highest BCUT2D eigenvalue weighted by Gasteiger charge is 2.29. The number of carboxylic acid groups (broad SMARTS) is 1. The average molecular weight is 409 g/mol. The number of likely N-dealkylation sites (tertiary alicyclic amines) is 1. The van der Waals surface area contributed by atoms with Crippen molar-refractivity contribution in [2.75, 3.05) is 31.1 Å². The van der Waals surface area contributed by atoms with E-state index >= 15 is 0 Å². The van der Waals surface area contributed by atoms with Gasteiger partial charge in [0.2, 0.25) is 5.88 Å². The minimum Gasteiger partial charge on any atom is -0.471 e. The third-order valence-corrected chi connectivity index (χ3v) is 5.75. The van der Waals surface area contributed by atoms with Gasteiger partial charge in [-0.05, 0) is 25.0 Å². The van der Waals surface area contributed by atoms with Crippen molar-refractivity contribution in [1.82, 2.24) is 29.4 Å². The molecule has 0 saturated carbocycles. The zero-order valence-electron chi connectivity index (χ0n) is 16.7. The van der Waals surface area contributed by atoms with Crippen LogP contribution in [0.4, 0.5) is 10.6 Å². The number of aromatic nitrogens is 5. The van der Waals surface area contributed by atoms with Crippen LogP contribution in [0.3, 0.4) is 0 Å². The maximum Gasteiger partial charge on any atom is 0.407 e. The van der Waals surface area contributed by atoms with Crippen LogP contribution in [0.15, 0.2) is 24.7 Å². The molecule has 0 aliphatic carbocycles. The number of imidazole rings is 1. The van der Waals surface area contributed by atoms with Crippen molar-refractivity contribution in [1.29, 1.82) is 0 Å². The first-order valence-corrected chi connectivity index (χ1v) is 10.1. The predicted molar refractivity (Wildman–Crippen MR) is 110 cm³/mol. The maximum atomic E-state index is 11.1. The number of anilines is 1. The van der Waals surface area contributed by atoms with Gasteiger partial charge in [-0.15, -0.1) is 0 Å². The van der Waals surface area contributed by atoms with Crippen molar-refractivity contribution in [2.45, 2.75) is 25.4 Å². The lowest BCUT2D eigenvalue weighted by Gasteiger charge is -2.16. The minimum absolute atomic E-state index is 0.244. The van der Waals surface area contributed by atoms with Crippen LogP contribution in [0.1, 0.15) is 19.3 Å². The quantitative estimate of drug-likeness (QED) is 0.698. The Morgan fingerprint density at radius 3 is 2.70 bits per heavy atom. The van der Waals surface area contributed by atoms with Crippen molar-refractivity contribution in [3.05, 3.63) is 24.7 Å². The molecule has 2 aliphatic heterocycles. The lowest BCUT2D eigenvalue weighted by atomic mass is 10.2.